The van der Waals surface area contributed by atoms with Crippen LogP contribution in [0.2, 0.25) is 0 Å². The maximum Gasteiger partial charge on any atom is 0.307 e. The van der Waals surface area contributed by atoms with Crippen LogP contribution < -0.4 is 5.56 Å². The van der Waals surface area contributed by atoms with Crippen molar-refractivity contribution in [1.82, 2.24) is 4.98 Å². The molecule has 2 aromatic heterocycles. The number of aliphatic carboxylic acids is 1. The summed E-state index contributed by atoms with van der Waals surface area (Å²) in [5.41, 5.74) is 5.69. The van der Waals surface area contributed by atoms with Gasteiger partial charge >= 0.3 is 5.97 Å². The normalized spacial score (nSPS) is 19.2. The van der Waals surface area contributed by atoms with Crippen molar-refractivity contribution >= 4 is 16.9 Å². The van der Waals surface area contributed by atoms with Crippen LogP contribution in [-0.2, 0) is 22.0 Å². The van der Waals surface area contributed by atoms with Gasteiger partial charge < -0.3 is 14.5 Å². The van der Waals surface area contributed by atoms with Crippen molar-refractivity contribution < 1.29 is 14.3 Å². The fourth-order valence-electron chi connectivity index (χ4n) is 5.23. The molecule has 4 rings (SSSR count). The van der Waals surface area contributed by atoms with E-state index in [1.54, 1.807) is 13.0 Å². The highest BCUT2D eigenvalue weighted by Gasteiger charge is 2.48. The molecule has 0 fully saturated rings. The highest BCUT2D eigenvalue weighted by atomic mass is 16.4. The third-order valence-electron chi connectivity index (χ3n) is 7.41. The highest BCUT2D eigenvalue weighted by molar-refractivity contribution is 5.92. The van der Waals surface area contributed by atoms with E-state index in [1.807, 2.05) is 6.92 Å². The third kappa shape index (κ3) is 2.75. The van der Waals surface area contributed by atoms with Crippen LogP contribution in [0.15, 0.2) is 27.4 Å². The second-order valence-electron chi connectivity index (χ2n) is 9.88. The average molecular weight is 408 g/mol. The van der Waals surface area contributed by atoms with Crippen LogP contribution in [0.1, 0.15) is 62.6 Å². The summed E-state index contributed by atoms with van der Waals surface area (Å²) in [6.07, 6.45) is -0.268. The Morgan fingerprint density at radius 1 is 1.10 bits per heavy atom. The number of nitrogens with one attached hydrogen (secondary N) is 1. The van der Waals surface area contributed by atoms with Gasteiger partial charge in [-0.05, 0) is 53.4 Å². The first-order valence-electron chi connectivity index (χ1n) is 10.4. The van der Waals surface area contributed by atoms with Gasteiger partial charge in [-0.15, -0.1) is 0 Å². The van der Waals surface area contributed by atoms with Crippen molar-refractivity contribution in [2.45, 2.75) is 65.7 Å². The van der Waals surface area contributed by atoms with E-state index in [0.717, 1.165) is 11.1 Å². The van der Waals surface area contributed by atoms with Crippen LogP contribution in [0.25, 0.3) is 22.3 Å². The molecular weight excluding hydrogens is 378 g/mol. The first-order valence-corrected chi connectivity index (χ1v) is 10.4. The van der Waals surface area contributed by atoms with E-state index < -0.39 is 5.97 Å². The van der Waals surface area contributed by atoms with E-state index >= 15 is 0 Å². The Balaban J connectivity index is 2.05. The van der Waals surface area contributed by atoms with Crippen molar-refractivity contribution in [3.05, 3.63) is 56.5 Å². The monoisotopic (exact) mass is 407 g/mol. The lowest BCUT2D eigenvalue weighted by molar-refractivity contribution is -0.136. The number of hydrogen-bond donors (Lipinski definition) is 2. The molecular formula is C25H29NO4. The number of aromatic amines is 1. The van der Waals surface area contributed by atoms with Gasteiger partial charge in [0.05, 0.1) is 11.8 Å². The molecule has 0 saturated carbocycles. The molecule has 5 heteroatoms. The fourth-order valence-corrected chi connectivity index (χ4v) is 5.23. The molecule has 1 aliphatic rings. The molecule has 0 radical (unpaired) electrons. The van der Waals surface area contributed by atoms with Crippen LogP contribution in [0.4, 0.5) is 0 Å². The Bertz CT molecular complexity index is 1260. The number of aromatic nitrogens is 1. The van der Waals surface area contributed by atoms with E-state index in [0.29, 0.717) is 33.9 Å². The summed E-state index contributed by atoms with van der Waals surface area (Å²) in [6.45, 7) is 15.2. The van der Waals surface area contributed by atoms with Crippen LogP contribution in [0, 0.1) is 19.8 Å². The summed E-state index contributed by atoms with van der Waals surface area (Å²) < 4.78 is 6.15. The predicted molar refractivity (Wildman–Crippen MR) is 118 cm³/mol. The van der Waals surface area contributed by atoms with E-state index in [9.17, 15) is 14.7 Å². The van der Waals surface area contributed by atoms with Gasteiger partial charge in [-0.25, -0.2) is 0 Å². The molecule has 30 heavy (non-hydrogen) atoms. The largest absolute Gasteiger partial charge is 0.481 e. The molecule has 3 aromatic rings. The van der Waals surface area contributed by atoms with Crippen molar-refractivity contribution in [3.63, 3.8) is 0 Å². The number of hydrogen-bond acceptors (Lipinski definition) is 3. The zero-order valence-corrected chi connectivity index (χ0v) is 18.7. The molecule has 1 aromatic carbocycles. The number of carboxylic acid groups (broad SMARTS) is 1. The fraction of sp³-hybridized carbons (Fsp3) is 0.440. The van der Waals surface area contributed by atoms with Gasteiger partial charge in [-0.3, -0.25) is 9.59 Å². The molecule has 1 aliphatic carbocycles. The number of benzene rings is 1. The highest BCUT2D eigenvalue weighted by Crippen LogP contribution is 2.55. The standard InChI is InChI=1S/C25H29NO4/c1-12-8-17-18(25(6,7)14(3)24(17,4)5)10-15(12)22-16(11-20(27)28)21-19(30-22)9-13(2)26-23(21)29/h8-10,14H,11H2,1-7H3,(H,26,29)(H,27,28). The molecule has 0 bridgehead atoms. The summed E-state index contributed by atoms with van der Waals surface area (Å²) in [5, 5.41) is 9.84. The number of aryl methyl sites for hydroxylation is 2. The number of rotatable bonds is 3. The topological polar surface area (TPSA) is 83.3 Å². The number of carbonyl (C=O) groups is 1. The quantitative estimate of drug-likeness (QED) is 0.622. The number of furan rings is 1. The molecule has 158 valence electrons. The van der Waals surface area contributed by atoms with Gasteiger partial charge in [0.1, 0.15) is 11.3 Å². The zero-order chi connectivity index (χ0) is 22.2. The molecule has 1 atom stereocenters. The van der Waals surface area contributed by atoms with Crippen molar-refractivity contribution in [3.8, 4) is 11.3 Å². The second kappa shape index (κ2) is 6.34. The lowest BCUT2D eigenvalue weighted by Crippen LogP contribution is -2.30. The SMILES string of the molecule is Cc1cc2oc(-c3cc4c(cc3C)C(C)(C)C(C)C4(C)C)c(CC(=O)O)c2c(=O)[nH]1. The number of pyridine rings is 1. The summed E-state index contributed by atoms with van der Waals surface area (Å²) in [6, 6.07) is 6.12. The summed E-state index contributed by atoms with van der Waals surface area (Å²) >= 11 is 0. The second-order valence-corrected chi connectivity index (χ2v) is 9.88. The number of carboxylic acids is 1. The molecule has 5 nitrogen and oxygen atoms in total. The van der Waals surface area contributed by atoms with E-state index in [2.05, 4.69) is 51.7 Å². The maximum absolute atomic E-state index is 12.6. The average Bonchev–Trinajstić information content (AvgIpc) is 3.02. The van der Waals surface area contributed by atoms with Crippen molar-refractivity contribution in [2.24, 2.45) is 5.92 Å². The van der Waals surface area contributed by atoms with E-state index in [1.165, 1.54) is 11.1 Å². The first-order chi connectivity index (χ1) is 13.9. The summed E-state index contributed by atoms with van der Waals surface area (Å²) in [4.78, 5) is 27.0. The lowest BCUT2D eigenvalue weighted by Gasteiger charge is -2.32. The molecule has 0 saturated heterocycles. The molecule has 0 spiro atoms. The Morgan fingerprint density at radius 3 is 2.30 bits per heavy atom. The molecule has 1 unspecified atom stereocenters. The minimum absolute atomic E-state index is 0.0334. The molecule has 0 aliphatic heterocycles. The molecule has 2 N–H and O–H groups in total. The lowest BCUT2D eigenvalue weighted by atomic mass is 9.71. The van der Waals surface area contributed by atoms with Crippen LogP contribution in [0.5, 0.6) is 0 Å². The third-order valence-corrected chi connectivity index (χ3v) is 7.41. The minimum Gasteiger partial charge on any atom is -0.481 e. The molecule has 2 heterocycles. The van der Waals surface area contributed by atoms with Gasteiger partial charge in [0.15, 0.2) is 0 Å². The van der Waals surface area contributed by atoms with Crippen molar-refractivity contribution in [1.29, 1.82) is 0 Å². The van der Waals surface area contributed by atoms with Gasteiger partial charge in [0.2, 0.25) is 0 Å². The molecule has 0 amide bonds. The van der Waals surface area contributed by atoms with Gasteiger partial charge in [-0.1, -0.05) is 40.7 Å². The first kappa shape index (κ1) is 20.5. The van der Waals surface area contributed by atoms with Crippen molar-refractivity contribution in [2.75, 3.05) is 0 Å². The van der Waals surface area contributed by atoms with Gasteiger partial charge in [0, 0.05) is 22.9 Å². The zero-order valence-electron chi connectivity index (χ0n) is 18.7. The van der Waals surface area contributed by atoms with Gasteiger partial charge in [-0.2, -0.15) is 0 Å². The Kier molecular flexibility index (Phi) is 4.32. The summed E-state index contributed by atoms with van der Waals surface area (Å²) in [7, 11) is 0. The van der Waals surface area contributed by atoms with Crippen LogP contribution in [0.3, 0.4) is 0 Å². The number of H-pyrrole nitrogens is 1. The predicted octanol–water partition coefficient (Wildman–Crippen LogP) is 5.24. The summed E-state index contributed by atoms with van der Waals surface area (Å²) in [5.74, 6) is -0.0703. The Morgan fingerprint density at radius 2 is 1.70 bits per heavy atom. The van der Waals surface area contributed by atoms with Gasteiger partial charge in [0.25, 0.3) is 5.56 Å². The minimum atomic E-state index is -0.993. The Labute approximate surface area is 176 Å². The number of fused-ring (bicyclic) bond motifs is 2. The van der Waals surface area contributed by atoms with E-state index in [-0.39, 0.29) is 22.8 Å². The Hall–Kier alpha value is -2.82. The van der Waals surface area contributed by atoms with E-state index in [4.69, 9.17) is 4.42 Å². The maximum atomic E-state index is 12.6. The smallest absolute Gasteiger partial charge is 0.307 e. The van der Waals surface area contributed by atoms with Crippen LogP contribution in [-0.4, -0.2) is 16.1 Å². The van der Waals surface area contributed by atoms with Crippen LogP contribution >= 0.6 is 0 Å².